The molecule has 0 radical (unpaired) electrons. The predicted molar refractivity (Wildman–Crippen MR) is 231 cm³/mol. The fourth-order valence-electron chi connectivity index (χ4n) is 9.77. The number of fused-ring (bicyclic) bond motifs is 2. The Balaban J connectivity index is 1.17. The third kappa shape index (κ3) is 7.75. The smallest absolute Gasteiger partial charge is 0.264 e. The Hall–Kier alpha value is -5.30. The highest BCUT2D eigenvalue weighted by Gasteiger charge is 2.66. The number of ether oxygens (including phenoxy) is 3. The van der Waals surface area contributed by atoms with Crippen molar-refractivity contribution in [1.29, 1.82) is 0 Å². The monoisotopic (exact) mass is 863 g/mol. The fourth-order valence-corrected chi connectivity index (χ4v) is 13.8. The normalized spacial score (nSPS) is 27.6. The van der Waals surface area contributed by atoms with Crippen LogP contribution in [0, 0.1) is 5.92 Å². The highest BCUT2D eigenvalue weighted by Crippen LogP contribution is 2.60. The summed E-state index contributed by atoms with van der Waals surface area (Å²) in [6, 6.07) is 32.5. The summed E-state index contributed by atoms with van der Waals surface area (Å²) in [5, 5.41) is 64.2. The number of aryl methyl sites for hydroxylation is 1. The van der Waals surface area contributed by atoms with Gasteiger partial charge in [-0.3, -0.25) is 14.3 Å². The summed E-state index contributed by atoms with van der Waals surface area (Å²) in [7, 11) is -0.920. The minimum Gasteiger partial charge on any atom is -0.497 e. The van der Waals surface area contributed by atoms with Crippen molar-refractivity contribution in [3.8, 4) is 5.75 Å². The van der Waals surface area contributed by atoms with Gasteiger partial charge in [-0.2, -0.15) is 0 Å². The van der Waals surface area contributed by atoms with E-state index >= 15 is 4.79 Å². The molecule has 3 aliphatic rings. The SMILES string of the molecule is COc1ccc([Si](C)(C)[C@@H]2[C@@H](CCn3cc(C(CO)c4ccccc4)nn3)O[C@]3(C(=O)N(Cc4ccccc4)c4ccc(NC(=O)[C@H]5O[C@@H](O)[C@H](O)[C@@H](O)[C@@H]5O)cc43)[C@H]2C)cc1. The lowest BCUT2D eigenvalue weighted by atomic mass is 9.82. The molecule has 1 unspecified atom stereocenters. The highest BCUT2D eigenvalue weighted by molar-refractivity contribution is 6.91. The lowest BCUT2D eigenvalue weighted by Gasteiger charge is -2.37. The molecule has 0 bridgehead atoms. The molecule has 15 nitrogen and oxygen atoms in total. The Bertz CT molecular complexity index is 2370. The van der Waals surface area contributed by atoms with Gasteiger partial charge in [-0.05, 0) is 53.4 Å². The molecule has 1 spiro atoms. The largest absolute Gasteiger partial charge is 0.497 e. The van der Waals surface area contributed by atoms with Crippen molar-refractivity contribution >= 4 is 36.4 Å². The summed E-state index contributed by atoms with van der Waals surface area (Å²) in [5.74, 6) is -1.10. The van der Waals surface area contributed by atoms with E-state index < -0.39 is 56.4 Å². The number of aliphatic hydroxyl groups is 5. The third-order valence-electron chi connectivity index (χ3n) is 13.1. The average molecular weight is 864 g/mol. The second-order valence-electron chi connectivity index (χ2n) is 17.0. The lowest BCUT2D eigenvalue weighted by Crippen LogP contribution is -2.60. The summed E-state index contributed by atoms with van der Waals surface area (Å²) < 4.78 is 19.8. The maximum atomic E-state index is 15.4. The maximum Gasteiger partial charge on any atom is 0.264 e. The molecule has 326 valence electrons. The summed E-state index contributed by atoms with van der Waals surface area (Å²) in [4.78, 5) is 30.7. The van der Waals surface area contributed by atoms with Crippen LogP contribution in [0.25, 0.3) is 0 Å². The Kier molecular flexibility index (Phi) is 12.2. The number of hydrogen-bond donors (Lipinski definition) is 6. The second-order valence-corrected chi connectivity index (χ2v) is 21.7. The van der Waals surface area contributed by atoms with Crippen molar-refractivity contribution in [3.63, 3.8) is 0 Å². The number of amides is 2. The van der Waals surface area contributed by atoms with E-state index in [0.717, 1.165) is 22.1 Å². The standard InChI is InChI=1S/C46H53N5O10Si/c1-27-42(62(3,4)32-18-16-31(59-2)17-19-32)37(21-22-50-25-35(48-49-50)33(26-52)29-13-9-6-10-14-29)61-46(27)34-23-30(47-43(56)41-39(54)38(53)40(55)44(57)60-41)15-20-36(34)51(45(46)58)24-28-11-7-5-8-12-28/h5-20,23,25,27,33,37-42,44,52-55,57H,21-22,24,26H2,1-4H3,(H,47,56)/t27-,33?,37+,38-,39-,40+,41-,42-,44+,46+/m0/s1. The van der Waals surface area contributed by atoms with Gasteiger partial charge in [-0.1, -0.05) is 103 Å². The number of rotatable bonds is 13. The van der Waals surface area contributed by atoms with Gasteiger partial charge in [0.2, 0.25) is 0 Å². The average Bonchev–Trinajstić information content (AvgIpc) is 3.94. The zero-order valence-corrected chi connectivity index (χ0v) is 36.0. The molecule has 8 rings (SSSR count). The van der Waals surface area contributed by atoms with E-state index in [1.54, 1.807) is 34.9 Å². The Morgan fingerprint density at radius 3 is 2.31 bits per heavy atom. The first-order valence-electron chi connectivity index (χ1n) is 20.9. The maximum absolute atomic E-state index is 15.4. The third-order valence-corrected chi connectivity index (χ3v) is 17.4. The summed E-state index contributed by atoms with van der Waals surface area (Å²) in [6.07, 6.45) is -7.18. The number of aliphatic hydroxyl groups excluding tert-OH is 5. The molecule has 16 heteroatoms. The van der Waals surface area contributed by atoms with Gasteiger partial charge in [0, 0.05) is 29.9 Å². The van der Waals surface area contributed by atoms with E-state index in [9.17, 15) is 30.3 Å². The van der Waals surface area contributed by atoms with Crippen molar-refractivity contribution in [2.45, 2.75) is 93.4 Å². The molecule has 5 aromatic rings. The molecule has 4 heterocycles. The molecule has 10 atom stereocenters. The number of nitrogens with zero attached hydrogens (tertiary/aromatic N) is 4. The topological polar surface area (TPSA) is 209 Å². The second kappa shape index (κ2) is 17.5. The van der Waals surface area contributed by atoms with Gasteiger partial charge in [0.15, 0.2) is 18.0 Å². The predicted octanol–water partition coefficient (Wildman–Crippen LogP) is 3.00. The number of nitrogens with one attached hydrogen (secondary N) is 1. The van der Waals surface area contributed by atoms with Crippen LogP contribution in [0.3, 0.4) is 0 Å². The highest BCUT2D eigenvalue weighted by atomic mass is 28.3. The van der Waals surface area contributed by atoms with Crippen molar-refractivity contribution in [3.05, 3.63) is 132 Å². The number of hydrogen-bond acceptors (Lipinski definition) is 12. The molecule has 62 heavy (non-hydrogen) atoms. The Morgan fingerprint density at radius 2 is 1.63 bits per heavy atom. The van der Waals surface area contributed by atoms with E-state index in [1.807, 2.05) is 79.0 Å². The molecule has 0 aliphatic carbocycles. The minimum atomic E-state index is -2.55. The summed E-state index contributed by atoms with van der Waals surface area (Å²) >= 11 is 0. The first kappa shape index (κ1) is 43.3. The zero-order valence-electron chi connectivity index (χ0n) is 35.0. The van der Waals surface area contributed by atoms with Gasteiger partial charge in [0.25, 0.3) is 11.8 Å². The first-order chi connectivity index (χ1) is 29.8. The van der Waals surface area contributed by atoms with Crippen LogP contribution in [0.4, 0.5) is 11.4 Å². The molecular formula is C46H53N5O10Si. The number of anilines is 2. The van der Waals surface area contributed by atoms with Gasteiger partial charge >= 0.3 is 0 Å². The molecule has 0 saturated carbocycles. The van der Waals surface area contributed by atoms with Crippen molar-refractivity contribution in [2.24, 2.45) is 5.92 Å². The fraction of sp³-hybridized carbons (Fsp3) is 0.391. The van der Waals surface area contributed by atoms with Gasteiger partial charge in [0.1, 0.15) is 24.1 Å². The van der Waals surface area contributed by atoms with Crippen LogP contribution < -0.4 is 20.1 Å². The first-order valence-corrected chi connectivity index (χ1v) is 23.9. The van der Waals surface area contributed by atoms with Gasteiger partial charge in [-0.15, -0.1) is 5.10 Å². The van der Waals surface area contributed by atoms with E-state index in [0.29, 0.717) is 29.9 Å². The van der Waals surface area contributed by atoms with E-state index in [-0.39, 0.29) is 42.1 Å². The molecule has 6 N–H and O–H groups in total. The van der Waals surface area contributed by atoms with Crippen LogP contribution in [0.15, 0.2) is 109 Å². The van der Waals surface area contributed by atoms with Gasteiger partial charge in [-0.25, -0.2) is 0 Å². The Morgan fingerprint density at radius 1 is 0.935 bits per heavy atom. The van der Waals surface area contributed by atoms with Crippen LogP contribution in [0.1, 0.15) is 41.6 Å². The number of carbonyl (C=O) groups excluding carboxylic acids is 2. The van der Waals surface area contributed by atoms with Crippen LogP contribution in [-0.4, -0.2) is 111 Å². The number of aromatic nitrogens is 3. The van der Waals surface area contributed by atoms with E-state index in [1.165, 1.54) is 0 Å². The van der Waals surface area contributed by atoms with E-state index in [4.69, 9.17) is 14.2 Å². The quantitative estimate of drug-likeness (QED) is 0.0945. The zero-order chi connectivity index (χ0) is 43.9. The van der Waals surface area contributed by atoms with Crippen molar-refractivity contribution in [2.75, 3.05) is 23.9 Å². The molecule has 2 saturated heterocycles. The molecule has 1 aromatic heterocycles. The van der Waals surface area contributed by atoms with Crippen LogP contribution in [-0.2, 0) is 37.8 Å². The van der Waals surface area contributed by atoms with Gasteiger partial charge in [0.05, 0.1) is 51.7 Å². The minimum absolute atomic E-state index is 0.125. The van der Waals surface area contributed by atoms with Crippen molar-refractivity contribution < 1.29 is 49.3 Å². The van der Waals surface area contributed by atoms with Gasteiger partial charge < -0.3 is 50.0 Å². The molecular weight excluding hydrogens is 811 g/mol. The van der Waals surface area contributed by atoms with E-state index in [2.05, 4.69) is 47.8 Å². The summed E-state index contributed by atoms with van der Waals surface area (Å²) in [5.41, 5.74) is 2.31. The Labute approximate surface area is 360 Å². The lowest BCUT2D eigenvalue weighted by molar-refractivity contribution is -0.274. The van der Waals surface area contributed by atoms with Crippen LogP contribution in [0.5, 0.6) is 5.75 Å². The van der Waals surface area contributed by atoms with Crippen LogP contribution >= 0.6 is 0 Å². The molecule has 2 amide bonds. The van der Waals surface area contributed by atoms with Crippen molar-refractivity contribution in [1.82, 2.24) is 15.0 Å². The number of methoxy groups -OCH3 is 1. The molecule has 4 aromatic carbocycles. The van der Waals surface area contributed by atoms with Crippen LogP contribution in [0.2, 0.25) is 18.6 Å². The molecule has 3 aliphatic heterocycles. The number of benzene rings is 4. The summed E-state index contributed by atoms with van der Waals surface area (Å²) in [6.45, 7) is 7.19. The number of carbonyl (C=O) groups is 2. The molecule has 2 fully saturated rings.